The van der Waals surface area contributed by atoms with Crippen molar-refractivity contribution in [3.8, 4) is 21.8 Å². The number of Topliss-reactive ketones (excluding diaryl/α,β-unsaturated/α-hetero) is 1. The molecule has 3 aromatic carbocycles. The summed E-state index contributed by atoms with van der Waals surface area (Å²) >= 11 is 1.61. The third-order valence-electron chi connectivity index (χ3n) is 5.40. The van der Waals surface area contributed by atoms with Crippen molar-refractivity contribution in [2.45, 2.75) is 26.7 Å². The molecular formula is C27H24N2O2S. The molecule has 0 spiro atoms. The molecule has 0 fully saturated rings. The van der Waals surface area contributed by atoms with Gasteiger partial charge >= 0.3 is 0 Å². The van der Waals surface area contributed by atoms with E-state index in [1.165, 1.54) is 0 Å². The predicted molar refractivity (Wildman–Crippen MR) is 131 cm³/mol. The molecule has 0 radical (unpaired) electrons. The molecule has 0 atom stereocenters. The molecule has 0 saturated carbocycles. The van der Waals surface area contributed by atoms with E-state index in [-0.39, 0.29) is 24.5 Å². The first-order chi connectivity index (χ1) is 15.5. The molecule has 1 heterocycles. The van der Waals surface area contributed by atoms with Crippen LogP contribution in [0.25, 0.3) is 21.8 Å². The summed E-state index contributed by atoms with van der Waals surface area (Å²) in [6.07, 6.45) is 0.341. The third kappa shape index (κ3) is 5.18. The van der Waals surface area contributed by atoms with Gasteiger partial charge in [-0.25, -0.2) is 4.98 Å². The van der Waals surface area contributed by atoms with Crippen LogP contribution in [-0.4, -0.2) is 16.7 Å². The Balaban J connectivity index is 1.33. The van der Waals surface area contributed by atoms with Crippen LogP contribution >= 0.6 is 11.3 Å². The normalized spacial score (nSPS) is 10.7. The van der Waals surface area contributed by atoms with Crippen LogP contribution in [0, 0.1) is 13.8 Å². The monoisotopic (exact) mass is 440 g/mol. The van der Waals surface area contributed by atoms with Gasteiger partial charge in [0.1, 0.15) is 5.01 Å². The van der Waals surface area contributed by atoms with Gasteiger partial charge in [-0.2, -0.15) is 0 Å². The number of nitrogens with one attached hydrogen (secondary N) is 1. The van der Waals surface area contributed by atoms with Crippen molar-refractivity contribution in [3.05, 3.63) is 94.9 Å². The van der Waals surface area contributed by atoms with Gasteiger partial charge in [0.2, 0.25) is 5.91 Å². The standard InChI is InChI=1S/C27H24N2O2S/c1-18-8-9-22(16-19(18)2)25(30)14-15-26(31)28-23-12-10-20(11-13-23)24-17-32-27(29-24)21-6-4-3-5-7-21/h3-13,16-17H,14-15H2,1-2H3,(H,28,31). The van der Waals surface area contributed by atoms with Gasteiger partial charge in [0.15, 0.2) is 5.78 Å². The Kier molecular flexibility index (Phi) is 6.57. The van der Waals surface area contributed by atoms with E-state index in [4.69, 9.17) is 4.98 Å². The number of aryl methyl sites for hydroxylation is 2. The van der Waals surface area contributed by atoms with Crippen molar-refractivity contribution < 1.29 is 9.59 Å². The van der Waals surface area contributed by atoms with Crippen LogP contribution in [-0.2, 0) is 4.79 Å². The average Bonchev–Trinajstić information content (AvgIpc) is 3.31. The molecule has 0 aliphatic carbocycles. The minimum absolute atomic E-state index is 0.0173. The molecule has 1 amide bonds. The van der Waals surface area contributed by atoms with Gasteiger partial charge in [0.25, 0.3) is 0 Å². The van der Waals surface area contributed by atoms with E-state index in [1.807, 2.05) is 92.0 Å². The highest BCUT2D eigenvalue weighted by atomic mass is 32.1. The number of hydrogen-bond acceptors (Lipinski definition) is 4. The Bertz CT molecular complexity index is 1240. The largest absolute Gasteiger partial charge is 0.326 e. The molecule has 1 N–H and O–H groups in total. The molecule has 4 aromatic rings. The fourth-order valence-corrected chi connectivity index (χ4v) is 4.19. The van der Waals surface area contributed by atoms with Gasteiger partial charge < -0.3 is 5.32 Å². The molecule has 5 heteroatoms. The number of rotatable bonds is 7. The van der Waals surface area contributed by atoms with Crippen LogP contribution in [0.1, 0.15) is 34.3 Å². The number of anilines is 1. The van der Waals surface area contributed by atoms with Crippen LogP contribution < -0.4 is 5.32 Å². The van der Waals surface area contributed by atoms with Crippen molar-refractivity contribution in [3.63, 3.8) is 0 Å². The molecule has 0 aliphatic heterocycles. The highest BCUT2D eigenvalue weighted by Gasteiger charge is 2.11. The number of amides is 1. The molecule has 4 rings (SSSR count). The van der Waals surface area contributed by atoms with Crippen LogP contribution in [0.4, 0.5) is 5.69 Å². The van der Waals surface area contributed by atoms with Crippen LogP contribution in [0.2, 0.25) is 0 Å². The zero-order valence-corrected chi connectivity index (χ0v) is 18.9. The minimum atomic E-state index is -0.171. The first kappa shape index (κ1) is 21.7. The summed E-state index contributed by atoms with van der Waals surface area (Å²) in [5, 5.41) is 5.88. The maximum absolute atomic E-state index is 12.4. The number of nitrogens with zero attached hydrogens (tertiary/aromatic N) is 1. The first-order valence-electron chi connectivity index (χ1n) is 10.5. The second-order valence-corrected chi connectivity index (χ2v) is 8.61. The summed E-state index contributed by atoms with van der Waals surface area (Å²) in [5.74, 6) is -0.189. The maximum Gasteiger partial charge on any atom is 0.224 e. The zero-order valence-electron chi connectivity index (χ0n) is 18.1. The van der Waals surface area contributed by atoms with Crippen LogP contribution in [0.3, 0.4) is 0 Å². The number of aromatic nitrogens is 1. The van der Waals surface area contributed by atoms with Crippen molar-refractivity contribution >= 4 is 28.7 Å². The van der Waals surface area contributed by atoms with Gasteiger partial charge in [-0.05, 0) is 43.2 Å². The van der Waals surface area contributed by atoms with E-state index in [0.29, 0.717) is 11.3 Å². The Morgan fingerprint density at radius 1 is 0.844 bits per heavy atom. The SMILES string of the molecule is Cc1ccc(C(=O)CCC(=O)Nc2ccc(-c3csc(-c4ccccc4)n3)cc2)cc1C. The van der Waals surface area contributed by atoms with Gasteiger partial charge in [0, 0.05) is 40.6 Å². The Hall–Kier alpha value is -3.57. The van der Waals surface area contributed by atoms with E-state index < -0.39 is 0 Å². The van der Waals surface area contributed by atoms with E-state index >= 15 is 0 Å². The van der Waals surface area contributed by atoms with E-state index in [1.54, 1.807) is 11.3 Å². The van der Waals surface area contributed by atoms with Crippen molar-refractivity contribution in [1.82, 2.24) is 4.98 Å². The summed E-state index contributed by atoms with van der Waals surface area (Å²) < 4.78 is 0. The number of benzene rings is 3. The highest BCUT2D eigenvalue weighted by molar-refractivity contribution is 7.13. The van der Waals surface area contributed by atoms with Crippen molar-refractivity contribution in [1.29, 1.82) is 0 Å². The Labute approximate surface area is 192 Å². The lowest BCUT2D eigenvalue weighted by Crippen LogP contribution is -2.13. The van der Waals surface area contributed by atoms with Gasteiger partial charge in [-0.3, -0.25) is 9.59 Å². The van der Waals surface area contributed by atoms with E-state index in [9.17, 15) is 9.59 Å². The van der Waals surface area contributed by atoms with Gasteiger partial charge in [-0.1, -0.05) is 54.6 Å². The quantitative estimate of drug-likeness (QED) is 0.326. The molecule has 4 nitrogen and oxygen atoms in total. The third-order valence-corrected chi connectivity index (χ3v) is 6.29. The highest BCUT2D eigenvalue weighted by Crippen LogP contribution is 2.29. The predicted octanol–water partition coefficient (Wildman–Crippen LogP) is 6.70. The Morgan fingerprint density at radius 2 is 1.59 bits per heavy atom. The summed E-state index contributed by atoms with van der Waals surface area (Å²) in [5.41, 5.74) is 6.59. The molecule has 32 heavy (non-hydrogen) atoms. The second-order valence-electron chi connectivity index (χ2n) is 7.75. The summed E-state index contributed by atoms with van der Waals surface area (Å²) in [7, 11) is 0. The van der Waals surface area contributed by atoms with Gasteiger partial charge in [0.05, 0.1) is 5.69 Å². The lowest BCUT2D eigenvalue weighted by atomic mass is 10.0. The van der Waals surface area contributed by atoms with Gasteiger partial charge in [-0.15, -0.1) is 11.3 Å². The molecule has 0 unspecified atom stereocenters. The number of ketones is 1. The molecule has 0 aliphatic rings. The average molecular weight is 441 g/mol. The molecule has 160 valence electrons. The fourth-order valence-electron chi connectivity index (χ4n) is 3.35. The fraction of sp³-hybridized carbons (Fsp3) is 0.148. The Morgan fingerprint density at radius 3 is 2.31 bits per heavy atom. The zero-order chi connectivity index (χ0) is 22.5. The first-order valence-corrected chi connectivity index (χ1v) is 11.4. The lowest BCUT2D eigenvalue weighted by Gasteiger charge is -2.07. The van der Waals surface area contributed by atoms with E-state index in [2.05, 4.69) is 5.32 Å². The topological polar surface area (TPSA) is 59.1 Å². The second kappa shape index (κ2) is 9.71. The number of thiazole rings is 1. The molecule has 1 aromatic heterocycles. The van der Waals surface area contributed by atoms with Crippen LogP contribution in [0.5, 0.6) is 0 Å². The maximum atomic E-state index is 12.4. The molecule has 0 bridgehead atoms. The smallest absolute Gasteiger partial charge is 0.224 e. The summed E-state index contributed by atoms with van der Waals surface area (Å²) in [6.45, 7) is 4.00. The molecule has 0 saturated heterocycles. The lowest BCUT2D eigenvalue weighted by molar-refractivity contribution is -0.116. The summed E-state index contributed by atoms with van der Waals surface area (Å²) in [6, 6.07) is 23.3. The minimum Gasteiger partial charge on any atom is -0.326 e. The number of carbonyl (C=O) groups excluding carboxylic acids is 2. The summed E-state index contributed by atoms with van der Waals surface area (Å²) in [4.78, 5) is 29.4. The van der Waals surface area contributed by atoms with Crippen molar-refractivity contribution in [2.75, 3.05) is 5.32 Å². The van der Waals surface area contributed by atoms with Crippen molar-refractivity contribution in [2.24, 2.45) is 0 Å². The molecular weight excluding hydrogens is 416 g/mol. The number of hydrogen-bond donors (Lipinski definition) is 1. The van der Waals surface area contributed by atoms with Crippen LogP contribution in [0.15, 0.2) is 78.2 Å². The number of carbonyl (C=O) groups is 2. The van der Waals surface area contributed by atoms with E-state index in [0.717, 1.165) is 33.0 Å².